The standard InChI is InChI=1S/C12H19/c1-3-5-7-9-11-12-10-8-6-4-2/h3-7,9H,1,8,10-12H2,2H3. The van der Waals surface area contributed by atoms with Crippen LogP contribution in [0.2, 0.25) is 0 Å². The molecule has 0 aromatic rings. The van der Waals surface area contributed by atoms with Crippen LogP contribution in [0.15, 0.2) is 36.5 Å². The Labute approximate surface area is 76.7 Å². The minimum atomic E-state index is 1.18. The summed E-state index contributed by atoms with van der Waals surface area (Å²) in [4.78, 5) is 0. The van der Waals surface area contributed by atoms with Crippen LogP contribution < -0.4 is 0 Å². The first kappa shape index (κ1) is 11.2. The molecular weight excluding hydrogens is 144 g/mol. The van der Waals surface area contributed by atoms with Gasteiger partial charge in [-0.2, -0.15) is 0 Å². The average molecular weight is 163 g/mol. The zero-order valence-corrected chi connectivity index (χ0v) is 8.00. The predicted molar refractivity (Wildman–Crippen MR) is 56.9 cm³/mol. The smallest absolute Gasteiger partial charge is 0.0313 e. The molecule has 0 unspecified atom stereocenters. The Morgan fingerprint density at radius 1 is 1.00 bits per heavy atom. The van der Waals surface area contributed by atoms with E-state index >= 15 is 0 Å². The van der Waals surface area contributed by atoms with Gasteiger partial charge in [0, 0.05) is 0 Å². The second kappa shape index (κ2) is 10.2. The van der Waals surface area contributed by atoms with E-state index in [0.29, 0.717) is 0 Å². The van der Waals surface area contributed by atoms with Crippen LogP contribution in [0.5, 0.6) is 0 Å². The molecule has 12 heavy (non-hydrogen) atoms. The molecule has 0 aliphatic heterocycles. The molecule has 0 spiro atoms. The van der Waals surface area contributed by atoms with Crippen molar-refractivity contribution in [2.45, 2.75) is 32.6 Å². The summed E-state index contributed by atoms with van der Waals surface area (Å²) in [7, 11) is 0. The third-order valence-electron chi connectivity index (χ3n) is 1.61. The normalized spacial score (nSPS) is 12.5. The van der Waals surface area contributed by atoms with Gasteiger partial charge in [-0.3, -0.25) is 0 Å². The van der Waals surface area contributed by atoms with Crippen molar-refractivity contribution in [3.63, 3.8) is 0 Å². The molecule has 0 heterocycles. The van der Waals surface area contributed by atoms with Crippen LogP contribution in [-0.2, 0) is 0 Å². The predicted octanol–water partition coefficient (Wildman–Crippen LogP) is 4.07. The van der Waals surface area contributed by atoms with Crippen LogP contribution in [0.4, 0.5) is 0 Å². The fourth-order valence-electron chi connectivity index (χ4n) is 0.944. The zero-order valence-electron chi connectivity index (χ0n) is 8.00. The molecule has 0 nitrogen and oxygen atoms in total. The molecule has 0 aliphatic carbocycles. The van der Waals surface area contributed by atoms with Crippen LogP contribution in [0.1, 0.15) is 32.6 Å². The minimum absolute atomic E-state index is 1.18. The zero-order chi connectivity index (χ0) is 9.07. The third kappa shape index (κ3) is 9.22. The largest absolute Gasteiger partial charge is 0.0917 e. The summed E-state index contributed by atoms with van der Waals surface area (Å²) in [5.74, 6) is 0. The second-order valence-electron chi connectivity index (χ2n) is 2.71. The van der Waals surface area contributed by atoms with E-state index in [2.05, 4.69) is 38.2 Å². The van der Waals surface area contributed by atoms with Gasteiger partial charge in [-0.25, -0.2) is 0 Å². The summed E-state index contributed by atoms with van der Waals surface area (Å²) in [6.07, 6.45) is 17.3. The quantitative estimate of drug-likeness (QED) is 0.314. The molecule has 0 saturated heterocycles. The van der Waals surface area contributed by atoms with Crippen LogP contribution >= 0.6 is 0 Å². The summed E-state index contributed by atoms with van der Waals surface area (Å²) in [6.45, 7) is 5.67. The number of hydrogen-bond donors (Lipinski definition) is 0. The van der Waals surface area contributed by atoms with Crippen LogP contribution in [0.3, 0.4) is 0 Å². The lowest BCUT2D eigenvalue weighted by molar-refractivity contribution is 0.762. The molecule has 0 rings (SSSR count). The first-order valence-electron chi connectivity index (χ1n) is 4.64. The van der Waals surface area contributed by atoms with Gasteiger partial charge in [0.1, 0.15) is 0 Å². The highest BCUT2D eigenvalue weighted by Gasteiger charge is 1.81. The molecule has 0 saturated carbocycles. The SMILES string of the molecule is [CH2]C=CC=CCCCCC=CC. The lowest BCUT2D eigenvalue weighted by atomic mass is 10.2. The van der Waals surface area contributed by atoms with Crippen molar-refractivity contribution in [3.8, 4) is 0 Å². The second-order valence-corrected chi connectivity index (χ2v) is 2.71. The van der Waals surface area contributed by atoms with Crippen molar-refractivity contribution in [1.29, 1.82) is 0 Å². The summed E-state index contributed by atoms with van der Waals surface area (Å²) in [6, 6.07) is 0. The Kier molecular flexibility index (Phi) is 9.56. The van der Waals surface area contributed by atoms with Crippen molar-refractivity contribution in [3.05, 3.63) is 43.4 Å². The highest BCUT2D eigenvalue weighted by atomic mass is 13.9. The molecule has 0 fully saturated rings. The van der Waals surface area contributed by atoms with Crippen LogP contribution in [0, 0.1) is 6.92 Å². The van der Waals surface area contributed by atoms with Gasteiger partial charge in [0.25, 0.3) is 0 Å². The number of unbranched alkanes of at least 4 members (excludes halogenated alkanes) is 3. The lowest BCUT2D eigenvalue weighted by Crippen LogP contribution is -1.71. The van der Waals surface area contributed by atoms with E-state index in [0.717, 1.165) is 0 Å². The minimum Gasteiger partial charge on any atom is -0.0917 e. The summed E-state index contributed by atoms with van der Waals surface area (Å²) in [5.41, 5.74) is 0. The molecule has 0 amide bonds. The molecule has 0 bridgehead atoms. The molecule has 1 radical (unpaired) electrons. The third-order valence-corrected chi connectivity index (χ3v) is 1.61. The van der Waals surface area contributed by atoms with Gasteiger partial charge < -0.3 is 0 Å². The first-order chi connectivity index (χ1) is 5.91. The van der Waals surface area contributed by atoms with E-state index in [-0.39, 0.29) is 0 Å². The molecule has 67 valence electrons. The van der Waals surface area contributed by atoms with E-state index in [9.17, 15) is 0 Å². The summed E-state index contributed by atoms with van der Waals surface area (Å²) < 4.78 is 0. The molecule has 0 N–H and O–H groups in total. The maximum Gasteiger partial charge on any atom is -0.0313 e. The van der Waals surface area contributed by atoms with E-state index < -0.39 is 0 Å². The Morgan fingerprint density at radius 3 is 2.25 bits per heavy atom. The molecule has 0 aliphatic rings. The topological polar surface area (TPSA) is 0 Å². The van der Waals surface area contributed by atoms with E-state index in [1.807, 2.05) is 6.08 Å². The average Bonchev–Trinajstić information content (AvgIpc) is 2.10. The molecule has 0 aromatic carbocycles. The van der Waals surface area contributed by atoms with Gasteiger partial charge in [-0.1, -0.05) is 36.5 Å². The Bertz CT molecular complexity index is 149. The van der Waals surface area contributed by atoms with Crippen molar-refractivity contribution in [2.24, 2.45) is 0 Å². The molecular formula is C12H19. The molecule has 0 heteroatoms. The first-order valence-corrected chi connectivity index (χ1v) is 4.64. The van der Waals surface area contributed by atoms with Gasteiger partial charge in [0.2, 0.25) is 0 Å². The summed E-state index contributed by atoms with van der Waals surface area (Å²) >= 11 is 0. The highest BCUT2D eigenvalue weighted by molar-refractivity contribution is 5.03. The monoisotopic (exact) mass is 163 g/mol. The number of hydrogen-bond acceptors (Lipinski definition) is 0. The highest BCUT2D eigenvalue weighted by Crippen LogP contribution is 2.01. The van der Waals surface area contributed by atoms with Gasteiger partial charge >= 0.3 is 0 Å². The fraction of sp³-hybridized carbons (Fsp3) is 0.417. The fourth-order valence-corrected chi connectivity index (χ4v) is 0.944. The maximum absolute atomic E-state index is 3.60. The van der Waals surface area contributed by atoms with Crippen LogP contribution in [0.25, 0.3) is 0 Å². The van der Waals surface area contributed by atoms with Gasteiger partial charge in [-0.05, 0) is 39.5 Å². The Balaban J connectivity index is 3.10. The Morgan fingerprint density at radius 2 is 1.67 bits per heavy atom. The van der Waals surface area contributed by atoms with Crippen molar-refractivity contribution >= 4 is 0 Å². The van der Waals surface area contributed by atoms with E-state index in [1.165, 1.54) is 25.7 Å². The van der Waals surface area contributed by atoms with Gasteiger partial charge in [0.05, 0.1) is 0 Å². The van der Waals surface area contributed by atoms with Crippen molar-refractivity contribution in [2.75, 3.05) is 0 Å². The van der Waals surface area contributed by atoms with Gasteiger partial charge in [-0.15, -0.1) is 0 Å². The molecule has 0 atom stereocenters. The summed E-state index contributed by atoms with van der Waals surface area (Å²) in [5, 5.41) is 0. The molecule has 0 aromatic heterocycles. The lowest BCUT2D eigenvalue weighted by Gasteiger charge is -1.91. The van der Waals surface area contributed by atoms with Crippen molar-refractivity contribution in [1.82, 2.24) is 0 Å². The van der Waals surface area contributed by atoms with Crippen molar-refractivity contribution < 1.29 is 0 Å². The number of allylic oxidation sites excluding steroid dienone is 6. The van der Waals surface area contributed by atoms with E-state index in [4.69, 9.17) is 0 Å². The maximum atomic E-state index is 3.60. The Hall–Kier alpha value is -0.780. The number of rotatable bonds is 6. The van der Waals surface area contributed by atoms with Gasteiger partial charge in [0.15, 0.2) is 0 Å². The van der Waals surface area contributed by atoms with Crippen LogP contribution in [-0.4, -0.2) is 0 Å². The van der Waals surface area contributed by atoms with E-state index in [1.54, 1.807) is 6.08 Å².